The average molecular weight is 585 g/mol. The van der Waals surface area contributed by atoms with Crippen LogP contribution >= 0.6 is 11.6 Å². The minimum atomic E-state index is -0.494. The number of rotatable bonds is 12. The lowest BCUT2D eigenvalue weighted by molar-refractivity contribution is -0.141. The van der Waals surface area contributed by atoms with E-state index in [0.29, 0.717) is 48.4 Å². The van der Waals surface area contributed by atoms with E-state index >= 15 is 0 Å². The molecular formula is C32H41ClN2O6. The van der Waals surface area contributed by atoms with Crippen LogP contribution in [0.25, 0.3) is 0 Å². The van der Waals surface area contributed by atoms with Crippen molar-refractivity contribution >= 4 is 23.5 Å². The van der Waals surface area contributed by atoms with Crippen molar-refractivity contribution in [3.63, 3.8) is 0 Å². The summed E-state index contributed by atoms with van der Waals surface area (Å²) >= 11 is 6.02. The molecule has 1 aromatic carbocycles. The molecule has 0 unspecified atom stereocenters. The van der Waals surface area contributed by atoms with Gasteiger partial charge in [-0.05, 0) is 65.2 Å². The lowest BCUT2D eigenvalue weighted by atomic mass is 9.84. The third-order valence-electron chi connectivity index (χ3n) is 7.48. The highest BCUT2D eigenvalue weighted by Gasteiger charge is 2.38. The summed E-state index contributed by atoms with van der Waals surface area (Å²) in [5, 5.41) is 0.344. The highest BCUT2D eigenvalue weighted by atomic mass is 35.5. The Labute approximate surface area is 248 Å². The molecule has 2 aliphatic rings. The van der Waals surface area contributed by atoms with Gasteiger partial charge in [0.2, 0.25) is 5.91 Å². The van der Waals surface area contributed by atoms with Gasteiger partial charge in [-0.1, -0.05) is 35.9 Å². The fourth-order valence-electron chi connectivity index (χ4n) is 5.20. The molecule has 0 bridgehead atoms. The number of amides is 1. The van der Waals surface area contributed by atoms with Crippen molar-refractivity contribution < 1.29 is 28.5 Å². The molecular weight excluding hydrogens is 544 g/mol. The number of benzene rings is 1. The Hall–Kier alpha value is -2.94. The summed E-state index contributed by atoms with van der Waals surface area (Å²) in [6, 6.07) is 11.0. The SMILES string of the molecule is CC1=C(C(=O)OCc2ccccc2OC(C)(C)CCOC(C)C)[C@H](c2ccc(Cl)nc2)CC(=O)N1C[C@H]1CCCO1. The predicted octanol–water partition coefficient (Wildman–Crippen LogP) is 6.22. The van der Waals surface area contributed by atoms with Crippen LogP contribution in [0.5, 0.6) is 5.75 Å². The molecule has 1 aromatic heterocycles. The topological polar surface area (TPSA) is 87.2 Å². The molecule has 0 radical (unpaired) electrons. The van der Waals surface area contributed by atoms with E-state index in [9.17, 15) is 9.59 Å². The Kier molecular flexibility index (Phi) is 10.4. The van der Waals surface area contributed by atoms with Gasteiger partial charge >= 0.3 is 5.97 Å². The monoisotopic (exact) mass is 584 g/mol. The molecule has 41 heavy (non-hydrogen) atoms. The molecule has 1 fully saturated rings. The van der Waals surface area contributed by atoms with Gasteiger partial charge in [-0.3, -0.25) is 4.79 Å². The number of carbonyl (C=O) groups excluding carboxylic acids is 2. The third kappa shape index (κ3) is 8.31. The number of nitrogens with zero attached hydrogens (tertiary/aromatic N) is 2. The highest BCUT2D eigenvalue weighted by molar-refractivity contribution is 6.29. The van der Waals surface area contributed by atoms with Crippen molar-refractivity contribution in [1.29, 1.82) is 0 Å². The molecule has 1 amide bonds. The van der Waals surface area contributed by atoms with Crippen LogP contribution < -0.4 is 4.74 Å². The number of aromatic nitrogens is 1. The van der Waals surface area contributed by atoms with Crippen LogP contribution in [0.15, 0.2) is 53.9 Å². The van der Waals surface area contributed by atoms with Gasteiger partial charge in [-0.25, -0.2) is 9.78 Å². The van der Waals surface area contributed by atoms with E-state index in [4.69, 9.17) is 30.5 Å². The van der Waals surface area contributed by atoms with E-state index in [1.807, 2.05) is 52.0 Å². The second-order valence-corrected chi connectivity index (χ2v) is 11.9. The molecule has 9 heteroatoms. The Morgan fingerprint density at radius 2 is 2.00 bits per heavy atom. The molecule has 0 aliphatic carbocycles. The van der Waals surface area contributed by atoms with E-state index < -0.39 is 17.5 Å². The quantitative estimate of drug-likeness (QED) is 0.216. The standard InChI is InChI=1S/C32H41ClN2O6/c1-21(2)38-16-14-32(4,5)41-27-11-7-6-9-24(27)20-40-31(37)30-22(3)35(19-25-10-8-15-39-25)29(36)17-26(30)23-12-13-28(33)34-18-23/h6-7,9,11-13,18,21,25-26H,8,10,14-17,19-20H2,1-5H3/t25-,26+/m1/s1. The van der Waals surface area contributed by atoms with Crippen molar-refractivity contribution in [3.05, 3.63) is 70.1 Å². The van der Waals surface area contributed by atoms with Gasteiger partial charge in [-0.15, -0.1) is 0 Å². The average Bonchev–Trinajstić information content (AvgIpc) is 3.43. The molecule has 2 aromatic rings. The normalized spacial score (nSPS) is 19.7. The zero-order valence-corrected chi connectivity index (χ0v) is 25.4. The van der Waals surface area contributed by atoms with E-state index in [-0.39, 0.29) is 31.1 Å². The van der Waals surface area contributed by atoms with Gasteiger partial charge in [0.1, 0.15) is 23.1 Å². The van der Waals surface area contributed by atoms with Crippen molar-refractivity contribution in [2.24, 2.45) is 0 Å². The van der Waals surface area contributed by atoms with Gasteiger partial charge in [0.05, 0.1) is 30.9 Å². The number of pyridine rings is 1. The van der Waals surface area contributed by atoms with Crippen LogP contribution in [-0.4, -0.2) is 59.3 Å². The molecule has 222 valence electrons. The molecule has 0 saturated carbocycles. The van der Waals surface area contributed by atoms with Crippen molar-refractivity contribution in [1.82, 2.24) is 9.88 Å². The van der Waals surface area contributed by atoms with Crippen LogP contribution in [0, 0.1) is 0 Å². The summed E-state index contributed by atoms with van der Waals surface area (Å²) in [4.78, 5) is 32.9. The molecule has 3 heterocycles. The Balaban J connectivity index is 1.54. The second kappa shape index (κ2) is 13.8. The van der Waals surface area contributed by atoms with Gasteiger partial charge in [0.25, 0.3) is 0 Å². The first kappa shape index (κ1) is 31.0. The first-order valence-electron chi connectivity index (χ1n) is 14.3. The number of carbonyl (C=O) groups is 2. The summed E-state index contributed by atoms with van der Waals surface area (Å²) in [6.45, 7) is 11.6. The molecule has 4 rings (SSSR count). The highest BCUT2D eigenvalue weighted by Crippen LogP contribution is 2.38. The van der Waals surface area contributed by atoms with Crippen LogP contribution in [-0.2, 0) is 30.4 Å². The number of halogens is 1. The van der Waals surface area contributed by atoms with Crippen molar-refractivity contribution in [2.45, 2.75) is 90.6 Å². The van der Waals surface area contributed by atoms with Crippen LogP contribution in [0.3, 0.4) is 0 Å². The molecule has 2 atom stereocenters. The van der Waals surface area contributed by atoms with Gasteiger partial charge in [0, 0.05) is 42.8 Å². The third-order valence-corrected chi connectivity index (χ3v) is 7.70. The zero-order valence-electron chi connectivity index (χ0n) is 24.7. The summed E-state index contributed by atoms with van der Waals surface area (Å²) in [7, 11) is 0. The van der Waals surface area contributed by atoms with Crippen LogP contribution in [0.4, 0.5) is 0 Å². The number of ether oxygens (including phenoxy) is 4. The zero-order chi connectivity index (χ0) is 29.6. The van der Waals surface area contributed by atoms with Gasteiger partial charge < -0.3 is 23.8 Å². The lowest BCUT2D eigenvalue weighted by Crippen LogP contribution is -2.42. The number of hydrogen-bond donors (Lipinski definition) is 0. The Bertz CT molecular complexity index is 1240. The largest absolute Gasteiger partial charge is 0.487 e. The van der Waals surface area contributed by atoms with Gasteiger partial charge in [0.15, 0.2) is 0 Å². The smallest absolute Gasteiger partial charge is 0.336 e. The molecule has 2 aliphatic heterocycles. The summed E-state index contributed by atoms with van der Waals surface area (Å²) in [5.41, 5.74) is 2.03. The van der Waals surface area contributed by atoms with Crippen molar-refractivity contribution in [3.8, 4) is 5.75 Å². The minimum Gasteiger partial charge on any atom is -0.487 e. The van der Waals surface area contributed by atoms with Crippen molar-refractivity contribution in [2.75, 3.05) is 19.8 Å². The van der Waals surface area contributed by atoms with Gasteiger partial charge in [-0.2, -0.15) is 0 Å². The molecule has 0 N–H and O–H groups in total. The maximum atomic E-state index is 13.8. The number of allylic oxidation sites excluding steroid dienone is 1. The van der Waals surface area contributed by atoms with E-state index in [0.717, 1.165) is 24.0 Å². The summed E-state index contributed by atoms with van der Waals surface area (Å²) in [6.07, 6.45) is 4.41. The fourth-order valence-corrected chi connectivity index (χ4v) is 5.31. The minimum absolute atomic E-state index is 0.0234. The number of esters is 1. The molecule has 0 spiro atoms. The Morgan fingerprint density at radius 3 is 2.68 bits per heavy atom. The molecule has 1 saturated heterocycles. The maximum Gasteiger partial charge on any atom is 0.336 e. The Morgan fingerprint density at radius 1 is 1.22 bits per heavy atom. The second-order valence-electron chi connectivity index (χ2n) is 11.5. The number of hydrogen-bond acceptors (Lipinski definition) is 7. The predicted molar refractivity (Wildman–Crippen MR) is 157 cm³/mol. The first-order valence-corrected chi connectivity index (χ1v) is 14.7. The lowest BCUT2D eigenvalue weighted by Gasteiger charge is -2.35. The first-order chi connectivity index (χ1) is 19.5. The fraction of sp³-hybridized carbons (Fsp3) is 0.531. The summed E-state index contributed by atoms with van der Waals surface area (Å²) < 4.78 is 23.8. The molecule has 8 nitrogen and oxygen atoms in total. The van der Waals surface area contributed by atoms with Crippen LogP contribution in [0.1, 0.15) is 77.3 Å². The maximum absolute atomic E-state index is 13.8. The summed E-state index contributed by atoms with van der Waals surface area (Å²) in [5.74, 6) is -0.381. The van der Waals surface area contributed by atoms with E-state index in [2.05, 4.69) is 4.98 Å². The van der Waals surface area contributed by atoms with E-state index in [1.54, 1.807) is 30.2 Å². The number of para-hydroxylation sites is 1. The van der Waals surface area contributed by atoms with Crippen LogP contribution in [0.2, 0.25) is 5.15 Å². The van der Waals surface area contributed by atoms with E-state index in [1.165, 1.54) is 0 Å².